The van der Waals surface area contributed by atoms with E-state index in [1.165, 1.54) is 0 Å². The summed E-state index contributed by atoms with van der Waals surface area (Å²) in [5.74, 6) is -5.03. The highest BCUT2D eigenvalue weighted by Crippen LogP contribution is 2.42. The molecule has 62 valence electrons. The van der Waals surface area contributed by atoms with E-state index in [0.717, 1.165) is 0 Å². The van der Waals surface area contributed by atoms with Crippen LogP contribution in [0.25, 0.3) is 0 Å². The van der Waals surface area contributed by atoms with Crippen LogP contribution in [-0.2, 0) is 0 Å². The van der Waals surface area contributed by atoms with Crippen molar-refractivity contribution in [3.8, 4) is 0 Å². The van der Waals surface area contributed by atoms with Crippen LogP contribution in [0.2, 0.25) is 0 Å². The Balaban J connectivity index is 4.40. The van der Waals surface area contributed by atoms with Crippen molar-refractivity contribution in [1.29, 1.82) is 0 Å². The Morgan fingerprint density at radius 3 is 1.40 bits per heavy atom. The van der Waals surface area contributed by atoms with Crippen LogP contribution in [0, 0.1) is 0 Å². The molecule has 0 aliphatic rings. The van der Waals surface area contributed by atoms with Crippen LogP contribution in [0.3, 0.4) is 0 Å². The smallest absolute Gasteiger partial charge is 0.223 e. The predicted molar refractivity (Wildman–Crippen MR) is 26.5 cm³/mol. The van der Waals surface area contributed by atoms with E-state index < -0.39 is 16.9 Å². The van der Waals surface area contributed by atoms with Crippen molar-refractivity contribution in [1.82, 2.24) is 0 Å². The Morgan fingerprint density at radius 2 is 1.40 bits per heavy atom. The molecule has 0 spiro atoms. The Labute approximate surface area is 62.9 Å². The van der Waals surface area contributed by atoms with Gasteiger partial charge in [0.2, 0.25) is 5.63 Å². The van der Waals surface area contributed by atoms with Gasteiger partial charge in [-0.3, -0.25) is 0 Å². The van der Waals surface area contributed by atoms with Gasteiger partial charge in [-0.1, -0.05) is 11.6 Å². The second-order valence-corrected chi connectivity index (χ2v) is 2.28. The second kappa shape index (κ2) is 2.70. The summed E-state index contributed by atoms with van der Waals surface area (Å²) in [4.78, 5) is 0. The van der Waals surface area contributed by atoms with Crippen molar-refractivity contribution >= 4 is 23.2 Å². The lowest BCUT2D eigenvalue weighted by atomic mass is 10.4. The van der Waals surface area contributed by atoms with E-state index in [1.54, 1.807) is 0 Å². The average Bonchev–Trinajstić information content (AvgIpc) is 1.62. The molecule has 0 aromatic carbocycles. The summed E-state index contributed by atoms with van der Waals surface area (Å²) < 4.78 is 57.6. The first kappa shape index (κ1) is 10.2. The molecule has 0 N–H and O–H groups in total. The number of alkyl halides is 7. The van der Waals surface area contributed by atoms with Gasteiger partial charge in [0.05, 0.1) is 0 Å². The maximum absolute atomic E-state index is 11.7. The van der Waals surface area contributed by atoms with Crippen molar-refractivity contribution < 1.29 is 22.0 Å². The van der Waals surface area contributed by atoms with Crippen molar-refractivity contribution in [3.63, 3.8) is 0 Å². The molecule has 0 aliphatic carbocycles. The minimum absolute atomic E-state index is 3.49. The molecule has 0 unspecified atom stereocenters. The Bertz CT molecular complexity index is 117. The first-order chi connectivity index (χ1) is 4.19. The van der Waals surface area contributed by atoms with Gasteiger partial charge in [-0.25, -0.2) is 4.39 Å². The third kappa shape index (κ3) is 1.85. The summed E-state index contributed by atoms with van der Waals surface area (Å²) in [7, 11) is 0. The molecule has 0 aromatic heterocycles. The van der Waals surface area contributed by atoms with Crippen LogP contribution in [0.4, 0.5) is 22.0 Å². The van der Waals surface area contributed by atoms with Gasteiger partial charge < -0.3 is 0 Å². The Hall–Kier alpha value is 0.230. The summed E-state index contributed by atoms with van der Waals surface area (Å²) in [5.41, 5.74) is -3.49. The molecule has 0 rings (SSSR count). The zero-order valence-electron chi connectivity index (χ0n) is 4.22. The van der Waals surface area contributed by atoms with Gasteiger partial charge in [0.15, 0.2) is 0 Å². The van der Waals surface area contributed by atoms with E-state index in [4.69, 9.17) is 0 Å². The van der Waals surface area contributed by atoms with E-state index >= 15 is 0 Å². The molecule has 0 radical (unpaired) electrons. The predicted octanol–water partition coefficient (Wildman–Crippen LogP) is 2.99. The molecule has 0 amide bonds. The quantitative estimate of drug-likeness (QED) is 0.477. The average molecular weight is 203 g/mol. The van der Waals surface area contributed by atoms with Gasteiger partial charge >= 0.3 is 11.3 Å². The van der Waals surface area contributed by atoms with Crippen LogP contribution >= 0.6 is 23.2 Å². The van der Waals surface area contributed by atoms with E-state index in [9.17, 15) is 22.0 Å². The summed E-state index contributed by atoms with van der Waals surface area (Å²) in [6, 6.07) is 0. The number of rotatable bonds is 2. The van der Waals surface area contributed by atoms with Crippen LogP contribution in [-0.4, -0.2) is 16.9 Å². The SMILES string of the molecule is F[C@@H](Cl)C(F)(F)C(F)(F)Cl. The maximum atomic E-state index is 11.7. The molecule has 0 aliphatic heterocycles. The fraction of sp³-hybridized carbons (Fsp3) is 1.00. The summed E-state index contributed by atoms with van der Waals surface area (Å²) in [5, 5.41) is -4.95. The number of halogens is 7. The van der Waals surface area contributed by atoms with Gasteiger partial charge in [-0.05, 0) is 11.6 Å². The zero-order chi connectivity index (χ0) is 8.58. The number of hydrogen-bond acceptors (Lipinski definition) is 0. The molecule has 0 aromatic rings. The Morgan fingerprint density at radius 1 is 1.10 bits per heavy atom. The van der Waals surface area contributed by atoms with Gasteiger partial charge in [-0.15, -0.1) is 0 Å². The standard InChI is InChI=1S/C3HCl2F5/c4-1(6)2(7,8)3(5,9)10/h1H/t1-/m1/s1. The van der Waals surface area contributed by atoms with E-state index in [-0.39, 0.29) is 0 Å². The highest BCUT2D eigenvalue weighted by atomic mass is 35.5. The minimum atomic E-state index is -5.03. The molecule has 1 atom stereocenters. The normalized spacial score (nSPS) is 17.1. The van der Waals surface area contributed by atoms with Crippen LogP contribution < -0.4 is 0 Å². The monoisotopic (exact) mass is 202 g/mol. The minimum Gasteiger partial charge on any atom is -0.223 e. The highest BCUT2D eigenvalue weighted by Gasteiger charge is 2.60. The van der Waals surface area contributed by atoms with Crippen LogP contribution in [0.1, 0.15) is 0 Å². The third-order valence-electron chi connectivity index (χ3n) is 0.652. The van der Waals surface area contributed by atoms with Crippen molar-refractivity contribution in [2.75, 3.05) is 0 Å². The molecule has 0 saturated heterocycles. The fourth-order valence-corrected chi connectivity index (χ4v) is 0.412. The van der Waals surface area contributed by atoms with Crippen LogP contribution in [0.5, 0.6) is 0 Å². The molecule has 0 heterocycles. The van der Waals surface area contributed by atoms with Crippen molar-refractivity contribution in [2.24, 2.45) is 0 Å². The van der Waals surface area contributed by atoms with E-state index in [2.05, 4.69) is 23.2 Å². The molecule has 0 nitrogen and oxygen atoms in total. The second-order valence-electron chi connectivity index (χ2n) is 1.42. The first-order valence-electron chi connectivity index (χ1n) is 1.92. The van der Waals surface area contributed by atoms with Crippen molar-refractivity contribution in [3.05, 3.63) is 0 Å². The third-order valence-corrected chi connectivity index (χ3v) is 1.18. The topological polar surface area (TPSA) is 0 Å². The summed E-state index contributed by atoms with van der Waals surface area (Å²) in [6.07, 6.45) is 0. The van der Waals surface area contributed by atoms with Gasteiger partial charge in [0.1, 0.15) is 0 Å². The molecular formula is C3HCl2F5. The molecule has 0 saturated carbocycles. The Kier molecular flexibility index (Phi) is 2.76. The van der Waals surface area contributed by atoms with Gasteiger partial charge in [0.25, 0.3) is 0 Å². The van der Waals surface area contributed by atoms with E-state index in [0.29, 0.717) is 0 Å². The zero-order valence-corrected chi connectivity index (χ0v) is 5.73. The van der Waals surface area contributed by atoms with Gasteiger partial charge in [-0.2, -0.15) is 17.6 Å². The largest absolute Gasteiger partial charge is 0.388 e. The molecule has 0 fully saturated rings. The molecule has 7 heteroatoms. The fourth-order valence-electron chi connectivity index (χ4n) is 0.124. The van der Waals surface area contributed by atoms with E-state index in [1.807, 2.05) is 0 Å². The summed E-state index contributed by atoms with van der Waals surface area (Å²) in [6.45, 7) is 0. The first-order valence-corrected chi connectivity index (χ1v) is 2.73. The molecule has 10 heavy (non-hydrogen) atoms. The molecular weight excluding hydrogens is 202 g/mol. The number of hydrogen-bond donors (Lipinski definition) is 0. The van der Waals surface area contributed by atoms with Crippen molar-refractivity contribution in [2.45, 2.75) is 16.9 Å². The van der Waals surface area contributed by atoms with Crippen LogP contribution in [0.15, 0.2) is 0 Å². The maximum Gasteiger partial charge on any atom is 0.388 e. The lowest BCUT2D eigenvalue weighted by molar-refractivity contribution is -0.176. The van der Waals surface area contributed by atoms with Gasteiger partial charge in [0, 0.05) is 0 Å². The summed E-state index contributed by atoms with van der Waals surface area (Å²) >= 11 is 7.88. The molecule has 0 bridgehead atoms. The lowest BCUT2D eigenvalue weighted by Crippen LogP contribution is -2.41. The lowest BCUT2D eigenvalue weighted by Gasteiger charge is -2.20. The highest BCUT2D eigenvalue weighted by molar-refractivity contribution is 6.25.